The summed E-state index contributed by atoms with van der Waals surface area (Å²) in [6, 6.07) is -0.935. The summed E-state index contributed by atoms with van der Waals surface area (Å²) in [4.78, 5) is 13.3. The van der Waals surface area contributed by atoms with E-state index in [1.54, 1.807) is 6.08 Å². The van der Waals surface area contributed by atoms with Gasteiger partial charge in [-0.1, -0.05) is 264 Å². The molecule has 0 aromatic carbocycles. The third-order valence-electron chi connectivity index (χ3n) is 15.9. The number of aliphatic hydroxyl groups excluding tert-OH is 8. The van der Waals surface area contributed by atoms with Gasteiger partial charge in [-0.15, -0.1) is 0 Å². The van der Waals surface area contributed by atoms with Gasteiger partial charge in [0.2, 0.25) is 5.91 Å². The number of carbonyl (C=O) groups is 1. The van der Waals surface area contributed by atoms with Crippen LogP contribution in [-0.4, -0.2) is 140 Å². The van der Waals surface area contributed by atoms with E-state index in [1.807, 2.05) is 6.08 Å². The quantitative estimate of drug-likeness (QED) is 0.0204. The van der Waals surface area contributed by atoms with Crippen LogP contribution in [0.15, 0.2) is 122 Å². The van der Waals surface area contributed by atoms with Crippen LogP contribution in [0, 0.1) is 0 Å². The van der Waals surface area contributed by atoms with Crippen LogP contribution >= 0.6 is 0 Å². The molecule has 2 aliphatic heterocycles. The molecule has 0 aliphatic carbocycles. The van der Waals surface area contributed by atoms with Gasteiger partial charge in [-0.25, -0.2) is 0 Å². The van der Waals surface area contributed by atoms with Crippen LogP contribution in [0.25, 0.3) is 0 Å². The Kier molecular flexibility index (Phi) is 51.5. The zero-order valence-electron chi connectivity index (χ0n) is 54.0. The maximum atomic E-state index is 13.3. The first-order chi connectivity index (χ1) is 42.6. The van der Waals surface area contributed by atoms with Gasteiger partial charge in [0.25, 0.3) is 0 Å². The number of ether oxygens (including phenoxy) is 4. The highest BCUT2D eigenvalue weighted by Gasteiger charge is 2.51. The zero-order chi connectivity index (χ0) is 63.1. The van der Waals surface area contributed by atoms with E-state index in [4.69, 9.17) is 18.9 Å². The number of unbranched alkanes of at least 4 members (excludes halogenated alkanes) is 23. The van der Waals surface area contributed by atoms with Gasteiger partial charge in [0.1, 0.15) is 48.8 Å². The normalized spacial score (nSPS) is 24.1. The molecule has 0 spiro atoms. The number of hydrogen-bond acceptors (Lipinski definition) is 13. The minimum atomic E-state index is -1.80. The molecule has 2 aliphatic rings. The Morgan fingerprint density at radius 2 is 0.793 bits per heavy atom. The summed E-state index contributed by atoms with van der Waals surface area (Å²) >= 11 is 0. The maximum Gasteiger partial charge on any atom is 0.220 e. The molecule has 12 atom stereocenters. The van der Waals surface area contributed by atoms with Crippen molar-refractivity contribution in [3.8, 4) is 0 Å². The maximum absolute atomic E-state index is 13.3. The van der Waals surface area contributed by atoms with Crippen LogP contribution in [0.5, 0.6) is 0 Å². The van der Waals surface area contributed by atoms with Gasteiger partial charge in [-0.3, -0.25) is 4.79 Å². The summed E-state index contributed by atoms with van der Waals surface area (Å²) in [7, 11) is 0. The van der Waals surface area contributed by atoms with Gasteiger partial charge < -0.3 is 65.1 Å². The second kappa shape index (κ2) is 56.4. The first-order valence-electron chi connectivity index (χ1n) is 34.3. The fourth-order valence-electron chi connectivity index (χ4n) is 10.5. The lowest BCUT2D eigenvalue weighted by atomic mass is 9.97. The molecule has 0 saturated carbocycles. The fourth-order valence-corrected chi connectivity index (χ4v) is 10.5. The number of allylic oxidation sites excluding steroid dienone is 19. The van der Waals surface area contributed by atoms with Crippen LogP contribution in [0.3, 0.4) is 0 Å². The third kappa shape index (κ3) is 40.7. The van der Waals surface area contributed by atoms with Crippen molar-refractivity contribution < 1.29 is 64.6 Å². The van der Waals surface area contributed by atoms with E-state index in [2.05, 4.69) is 129 Å². The van der Waals surface area contributed by atoms with E-state index < -0.39 is 86.8 Å². The predicted molar refractivity (Wildman–Crippen MR) is 355 cm³/mol. The average molecular weight is 1220 g/mol. The van der Waals surface area contributed by atoms with Crippen molar-refractivity contribution in [2.24, 2.45) is 0 Å². The second-order valence-electron chi connectivity index (χ2n) is 23.6. The minimum Gasteiger partial charge on any atom is -0.394 e. The highest BCUT2D eigenvalue weighted by molar-refractivity contribution is 5.76. The Balaban J connectivity index is 1.71. The van der Waals surface area contributed by atoms with E-state index in [1.165, 1.54) is 103 Å². The number of rotatable bonds is 54. The lowest BCUT2D eigenvalue weighted by Gasteiger charge is -2.46. The number of nitrogens with one attached hydrogen (secondary N) is 1. The molecule has 87 heavy (non-hydrogen) atoms. The topological polar surface area (TPSA) is 228 Å². The van der Waals surface area contributed by atoms with E-state index in [-0.39, 0.29) is 18.9 Å². The largest absolute Gasteiger partial charge is 0.394 e. The van der Waals surface area contributed by atoms with Crippen molar-refractivity contribution in [1.29, 1.82) is 0 Å². The van der Waals surface area contributed by atoms with Crippen molar-refractivity contribution in [2.75, 3.05) is 19.8 Å². The van der Waals surface area contributed by atoms with E-state index in [0.29, 0.717) is 6.42 Å². The lowest BCUT2D eigenvalue weighted by Crippen LogP contribution is -2.65. The van der Waals surface area contributed by atoms with Crippen LogP contribution < -0.4 is 5.32 Å². The van der Waals surface area contributed by atoms with E-state index in [9.17, 15) is 45.6 Å². The predicted octanol–water partition coefficient (Wildman–Crippen LogP) is 13.7. The number of hydrogen-bond donors (Lipinski definition) is 9. The van der Waals surface area contributed by atoms with Crippen LogP contribution in [-0.2, 0) is 23.7 Å². The summed E-state index contributed by atoms with van der Waals surface area (Å²) in [5, 5.41) is 87.4. The minimum absolute atomic E-state index is 0.251. The van der Waals surface area contributed by atoms with Gasteiger partial charge in [0, 0.05) is 6.42 Å². The molecule has 0 radical (unpaired) electrons. The first-order valence-corrected chi connectivity index (χ1v) is 34.3. The molecule has 12 unspecified atom stereocenters. The average Bonchev–Trinajstić information content (AvgIpc) is 2.59. The molecule has 1 amide bonds. The van der Waals surface area contributed by atoms with Crippen molar-refractivity contribution in [2.45, 2.75) is 312 Å². The monoisotopic (exact) mass is 1220 g/mol. The van der Waals surface area contributed by atoms with E-state index >= 15 is 0 Å². The molecule has 0 aromatic rings. The van der Waals surface area contributed by atoms with Crippen molar-refractivity contribution >= 4 is 5.91 Å². The lowest BCUT2D eigenvalue weighted by molar-refractivity contribution is -0.359. The summed E-state index contributed by atoms with van der Waals surface area (Å²) in [6.07, 6.45) is 65.2. The molecule has 9 N–H and O–H groups in total. The van der Waals surface area contributed by atoms with E-state index in [0.717, 1.165) is 109 Å². The van der Waals surface area contributed by atoms with Crippen molar-refractivity contribution in [3.63, 3.8) is 0 Å². The fraction of sp³-hybridized carbons (Fsp3) is 0.712. The molecule has 498 valence electrons. The summed E-state index contributed by atoms with van der Waals surface area (Å²) < 4.78 is 22.8. The van der Waals surface area contributed by atoms with Crippen LogP contribution in [0.2, 0.25) is 0 Å². The number of aliphatic hydroxyl groups is 8. The Morgan fingerprint density at radius 3 is 1.22 bits per heavy atom. The Bertz CT molecular complexity index is 1920. The molecule has 14 heteroatoms. The highest BCUT2D eigenvalue weighted by atomic mass is 16.7. The number of carbonyl (C=O) groups excluding carboxylic acids is 1. The molecule has 2 heterocycles. The van der Waals surface area contributed by atoms with Gasteiger partial charge in [-0.05, 0) is 89.9 Å². The second-order valence-corrected chi connectivity index (χ2v) is 23.6. The molecule has 14 nitrogen and oxygen atoms in total. The van der Waals surface area contributed by atoms with Crippen molar-refractivity contribution in [3.05, 3.63) is 122 Å². The van der Waals surface area contributed by atoms with Crippen LogP contribution in [0.4, 0.5) is 0 Å². The summed E-state index contributed by atoms with van der Waals surface area (Å²) in [5.74, 6) is -0.262. The van der Waals surface area contributed by atoms with Crippen LogP contribution in [0.1, 0.15) is 239 Å². The molecule has 0 aromatic heterocycles. The van der Waals surface area contributed by atoms with Gasteiger partial charge in [0.05, 0.1) is 32.0 Å². The Labute approximate surface area is 527 Å². The molecule has 2 saturated heterocycles. The number of amides is 1. The first kappa shape index (κ1) is 79.5. The highest BCUT2D eigenvalue weighted by Crippen LogP contribution is 2.30. The molecule has 0 bridgehead atoms. The molecule has 2 fully saturated rings. The Morgan fingerprint density at radius 1 is 0.425 bits per heavy atom. The standard InChI is InChI=1S/C73H123NO13/c1-3-5-7-9-11-13-15-17-19-21-23-25-26-27-28-29-30-31-32-33-34-35-36-37-39-41-43-45-47-49-51-53-55-57-65(78)74-61(62(77)56-54-52-50-48-46-44-42-40-38-24-22-20-18-16-14-12-10-8-6-4-2)60-84-72-70(83)68(81)71(64(59-76)86-72)87-73-69(82)67(80)66(79)63(58-75)85-73/h5,7,11,13,17,19,23,25,27-28,30-31,33-34,36-37,41,43,54,56,61-64,66-73,75-77,79-83H,3-4,6,8-10,12,14-16,18,20-22,24,26,29,32,35,38-40,42,44-53,55,57-60H2,1-2H3,(H,74,78)/b7-5-,13-11-,19-17-,25-23-,28-27-,31-30-,34-33-,37-36-,43-41-,56-54+. The molecular formula is C73H123NO13. The smallest absolute Gasteiger partial charge is 0.220 e. The Hall–Kier alpha value is -3.61. The SMILES string of the molecule is CC/C=C\C/C=C\C/C=C\C/C=C\C/C=C\C/C=C\C/C=C\C/C=C\C/C=C\CCCCCCCC(=O)NC(COC1OC(CO)C(OC2OC(CO)C(O)C(O)C2O)C(O)C1O)C(O)/C=C/CCCCCCCCCCCCCCCCCCCC. The van der Waals surface area contributed by atoms with Gasteiger partial charge >= 0.3 is 0 Å². The summed E-state index contributed by atoms with van der Waals surface area (Å²) in [5.41, 5.74) is 0. The summed E-state index contributed by atoms with van der Waals surface area (Å²) in [6.45, 7) is 2.68. The molecular weight excluding hydrogens is 1100 g/mol. The zero-order valence-corrected chi connectivity index (χ0v) is 54.0. The molecule has 2 rings (SSSR count). The van der Waals surface area contributed by atoms with Crippen molar-refractivity contribution in [1.82, 2.24) is 5.32 Å². The van der Waals surface area contributed by atoms with Gasteiger partial charge in [0.15, 0.2) is 12.6 Å². The van der Waals surface area contributed by atoms with Gasteiger partial charge in [-0.2, -0.15) is 0 Å². The third-order valence-corrected chi connectivity index (χ3v) is 15.9.